The van der Waals surface area contributed by atoms with Gasteiger partial charge in [0.1, 0.15) is 12.6 Å². The maximum Gasteiger partial charge on any atom is 0.410 e. The van der Waals surface area contributed by atoms with Gasteiger partial charge in [-0.15, -0.1) is 0 Å². The lowest BCUT2D eigenvalue weighted by Gasteiger charge is -2.38. The first-order valence-electron chi connectivity index (χ1n) is 10.6. The Hall–Kier alpha value is -2.42. The van der Waals surface area contributed by atoms with Crippen molar-refractivity contribution in [1.82, 2.24) is 15.1 Å². The van der Waals surface area contributed by atoms with E-state index in [0.717, 1.165) is 12.2 Å². The van der Waals surface area contributed by atoms with Crippen molar-refractivity contribution in [1.29, 1.82) is 0 Å². The molecule has 2 heterocycles. The molecule has 0 aromatic heterocycles. The Kier molecular flexibility index (Phi) is 8.45. The molecule has 2 saturated heterocycles. The van der Waals surface area contributed by atoms with E-state index in [-0.39, 0.29) is 24.2 Å². The van der Waals surface area contributed by atoms with Crippen LogP contribution in [-0.4, -0.2) is 84.8 Å². The summed E-state index contributed by atoms with van der Waals surface area (Å²) in [6.45, 7) is 1.44. The van der Waals surface area contributed by atoms with Gasteiger partial charge in [-0.3, -0.25) is 4.90 Å². The largest absolute Gasteiger partial charge is 0.467 e. The van der Waals surface area contributed by atoms with Crippen LogP contribution in [0.3, 0.4) is 0 Å². The van der Waals surface area contributed by atoms with E-state index in [1.54, 1.807) is 16.7 Å². The Labute approximate surface area is 187 Å². The average molecular weight is 450 g/mol. The van der Waals surface area contributed by atoms with Crippen LogP contribution in [0.25, 0.3) is 0 Å². The zero-order valence-electron chi connectivity index (χ0n) is 18.1. The van der Waals surface area contributed by atoms with Crippen LogP contribution < -0.4 is 5.32 Å². The second kappa shape index (κ2) is 11.3. The second-order valence-electron chi connectivity index (χ2n) is 7.85. The number of nitrogens with one attached hydrogen (secondary N) is 1. The summed E-state index contributed by atoms with van der Waals surface area (Å²) < 4.78 is 10.2. The fraction of sp³-hybridized carbons (Fsp3) is 0.591. The van der Waals surface area contributed by atoms with Crippen LogP contribution in [0.2, 0.25) is 0 Å². The number of nitrogens with zero attached hydrogens (tertiary/aromatic N) is 2. The minimum absolute atomic E-state index is 0.00975. The van der Waals surface area contributed by atoms with Crippen molar-refractivity contribution in [3.8, 4) is 0 Å². The molecule has 9 heteroatoms. The maximum absolute atomic E-state index is 12.7. The molecule has 2 unspecified atom stereocenters. The van der Waals surface area contributed by atoms with E-state index < -0.39 is 12.0 Å². The molecule has 0 radical (unpaired) electrons. The van der Waals surface area contributed by atoms with Crippen LogP contribution in [-0.2, 0) is 20.7 Å². The summed E-state index contributed by atoms with van der Waals surface area (Å²) in [5.41, 5.74) is 1.17. The minimum atomic E-state index is -0.647. The molecule has 1 aromatic rings. The Bertz CT molecular complexity index is 755. The summed E-state index contributed by atoms with van der Waals surface area (Å²) in [5, 5.41) is 2.80. The molecule has 0 saturated carbocycles. The number of cyclic esters (lactones) is 1. The van der Waals surface area contributed by atoms with Gasteiger partial charge in [0, 0.05) is 19.1 Å². The standard InChI is InChI=1S/C22H31N3O5S/c1-29-20(26)19(10-13-31-2)23-21(27)24-11-8-17(9-12-24)25-18(15-30-22(25)28)14-16-6-4-3-5-7-16/h3-7,17-19H,8-15H2,1-2H3,(H,23,27). The van der Waals surface area contributed by atoms with Crippen molar-refractivity contribution in [2.24, 2.45) is 0 Å². The summed E-state index contributed by atoms with van der Waals surface area (Å²) >= 11 is 1.61. The van der Waals surface area contributed by atoms with Crippen molar-refractivity contribution in [2.75, 3.05) is 38.8 Å². The highest BCUT2D eigenvalue weighted by Crippen LogP contribution is 2.26. The van der Waals surface area contributed by atoms with E-state index >= 15 is 0 Å². The molecule has 0 spiro atoms. The lowest BCUT2D eigenvalue weighted by molar-refractivity contribution is -0.142. The highest BCUT2D eigenvalue weighted by molar-refractivity contribution is 7.98. The number of ether oxygens (including phenoxy) is 2. The molecular weight excluding hydrogens is 418 g/mol. The van der Waals surface area contributed by atoms with Crippen LogP contribution in [0, 0.1) is 0 Å². The lowest BCUT2D eigenvalue weighted by atomic mass is 9.99. The van der Waals surface area contributed by atoms with Gasteiger partial charge in [-0.05, 0) is 43.3 Å². The molecule has 3 rings (SSSR count). The normalized spacial score (nSPS) is 20.3. The Morgan fingerprint density at radius 1 is 1.26 bits per heavy atom. The van der Waals surface area contributed by atoms with Gasteiger partial charge < -0.3 is 19.7 Å². The molecule has 2 atom stereocenters. The van der Waals surface area contributed by atoms with Gasteiger partial charge in [0.05, 0.1) is 13.2 Å². The quantitative estimate of drug-likeness (QED) is 0.614. The second-order valence-corrected chi connectivity index (χ2v) is 8.84. The zero-order chi connectivity index (χ0) is 22.2. The molecule has 31 heavy (non-hydrogen) atoms. The highest BCUT2D eigenvalue weighted by Gasteiger charge is 2.40. The zero-order valence-corrected chi connectivity index (χ0v) is 18.9. The van der Waals surface area contributed by atoms with Crippen molar-refractivity contribution in [3.05, 3.63) is 35.9 Å². The number of carbonyl (C=O) groups excluding carboxylic acids is 3. The summed E-state index contributed by atoms with van der Waals surface area (Å²) in [6, 6.07) is 9.22. The number of piperidine rings is 1. The number of benzene rings is 1. The number of esters is 1. The number of carbonyl (C=O) groups is 3. The van der Waals surface area contributed by atoms with Gasteiger partial charge in [0.25, 0.3) is 0 Å². The molecule has 2 aliphatic heterocycles. The first kappa shape index (κ1) is 23.2. The number of rotatable bonds is 8. The summed E-state index contributed by atoms with van der Waals surface area (Å²) in [6.07, 6.45) is 4.32. The van der Waals surface area contributed by atoms with E-state index in [2.05, 4.69) is 17.4 Å². The first-order valence-corrected chi connectivity index (χ1v) is 12.0. The van der Waals surface area contributed by atoms with Crippen LogP contribution >= 0.6 is 11.8 Å². The maximum atomic E-state index is 12.7. The van der Waals surface area contributed by atoms with Gasteiger partial charge in [-0.2, -0.15) is 11.8 Å². The van der Waals surface area contributed by atoms with Crippen molar-refractivity contribution in [2.45, 2.75) is 43.8 Å². The minimum Gasteiger partial charge on any atom is -0.467 e. The SMILES string of the molecule is COC(=O)C(CCSC)NC(=O)N1CCC(N2C(=O)OCC2Cc2ccccc2)CC1. The summed E-state index contributed by atoms with van der Waals surface area (Å²) in [5.74, 6) is 0.322. The molecule has 8 nitrogen and oxygen atoms in total. The summed E-state index contributed by atoms with van der Waals surface area (Å²) in [4.78, 5) is 40.6. The third-order valence-electron chi connectivity index (χ3n) is 5.86. The number of urea groups is 1. The predicted molar refractivity (Wildman–Crippen MR) is 119 cm³/mol. The summed E-state index contributed by atoms with van der Waals surface area (Å²) in [7, 11) is 1.33. The Balaban J connectivity index is 1.54. The van der Waals surface area contributed by atoms with E-state index in [9.17, 15) is 14.4 Å². The number of likely N-dealkylation sites (tertiary alicyclic amines) is 1. The smallest absolute Gasteiger partial charge is 0.410 e. The topological polar surface area (TPSA) is 88.2 Å². The van der Waals surface area contributed by atoms with Gasteiger partial charge in [-0.1, -0.05) is 30.3 Å². The third-order valence-corrected chi connectivity index (χ3v) is 6.50. The van der Waals surface area contributed by atoms with Crippen molar-refractivity contribution < 1.29 is 23.9 Å². The van der Waals surface area contributed by atoms with Crippen LogP contribution in [0.5, 0.6) is 0 Å². The number of hydrogen-bond acceptors (Lipinski definition) is 6. The van der Waals surface area contributed by atoms with Crippen LogP contribution in [0.1, 0.15) is 24.8 Å². The molecular formula is C22H31N3O5S. The number of amides is 3. The average Bonchev–Trinajstić information content (AvgIpc) is 3.16. The Morgan fingerprint density at radius 3 is 2.61 bits per heavy atom. The molecule has 2 aliphatic rings. The number of thioether (sulfide) groups is 1. The highest BCUT2D eigenvalue weighted by atomic mass is 32.2. The molecule has 1 aromatic carbocycles. The first-order chi connectivity index (χ1) is 15.0. The number of hydrogen-bond donors (Lipinski definition) is 1. The molecule has 2 fully saturated rings. The number of methoxy groups -OCH3 is 1. The molecule has 3 amide bonds. The van der Waals surface area contributed by atoms with Crippen molar-refractivity contribution in [3.63, 3.8) is 0 Å². The molecule has 0 bridgehead atoms. The molecule has 0 aliphatic carbocycles. The lowest BCUT2D eigenvalue weighted by Crippen LogP contribution is -2.54. The molecule has 1 N–H and O–H groups in total. The van der Waals surface area contributed by atoms with Gasteiger partial charge >= 0.3 is 18.1 Å². The predicted octanol–water partition coefficient (Wildman–Crippen LogP) is 2.52. The van der Waals surface area contributed by atoms with Crippen LogP contribution in [0.4, 0.5) is 9.59 Å². The fourth-order valence-electron chi connectivity index (χ4n) is 4.18. The van der Waals surface area contributed by atoms with E-state index in [0.29, 0.717) is 39.0 Å². The van der Waals surface area contributed by atoms with E-state index in [1.165, 1.54) is 12.7 Å². The monoisotopic (exact) mass is 449 g/mol. The van der Waals surface area contributed by atoms with Gasteiger partial charge in [-0.25, -0.2) is 14.4 Å². The molecule has 170 valence electrons. The third kappa shape index (κ3) is 6.06. The van der Waals surface area contributed by atoms with Crippen LogP contribution in [0.15, 0.2) is 30.3 Å². The van der Waals surface area contributed by atoms with E-state index in [1.807, 2.05) is 29.4 Å². The fourth-order valence-corrected chi connectivity index (χ4v) is 4.65. The Morgan fingerprint density at radius 2 is 1.97 bits per heavy atom. The van der Waals surface area contributed by atoms with Gasteiger partial charge in [0.2, 0.25) is 0 Å². The van der Waals surface area contributed by atoms with Gasteiger partial charge in [0.15, 0.2) is 0 Å². The van der Waals surface area contributed by atoms with E-state index in [4.69, 9.17) is 9.47 Å². The van der Waals surface area contributed by atoms with Crippen molar-refractivity contribution >= 4 is 29.9 Å².